The molecule has 5 rings (SSSR count). The number of anilines is 5. The molecule has 1 saturated carbocycles. The van der Waals surface area contributed by atoms with E-state index in [0.717, 1.165) is 12.8 Å². The van der Waals surface area contributed by atoms with Crippen LogP contribution in [-0.4, -0.2) is 37.0 Å². The first-order valence-corrected chi connectivity index (χ1v) is 13.8. The molecule has 2 aromatic heterocycles. The van der Waals surface area contributed by atoms with Gasteiger partial charge in [-0.15, -0.1) is 0 Å². The van der Waals surface area contributed by atoms with E-state index in [1.807, 2.05) is 10.9 Å². The molecular weight excluding hydrogens is 624 g/mol. The molecule has 0 saturated heterocycles. The average Bonchev–Trinajstić information content (AvgIpc) is 3.41. The number of aromatic nitrogens is 4. The molecule has 2 heterocycles. The van der Waals surface area contributed by atoms with Crippen LogP contribution in [-0.2, 0) is 4.79 Å². The summed E-state index contributed by atoms with van der Waals surface area (Å²) in [6.45, 7) is 7.47. The fraction of sp³-hybridized carbons (Fsp3) is 0.172. The van der Waals surface area contributed by atoms with Gasteiger partial charge in [0.2, 0.25) is 5.95 Å². The predicted molar refractivity (Wildman–Crippen MR) is 159 cm³/mol. The molecule has 1 aliphatic carbocycles. The molecule has 16 heteroatoms. The summed E-state index contributed by atoms with van der Waals surface area (Å²) < 4.78 is 75.9. The molecule has 0 atom stereocenters. The van der Waals surface area contributed by atoms with Crippen molar-refractivity contribution in [2.45, 2.75) is 36.4 Å². The SMILES string of the molecule is C=CC(=C)Nc1ccc(F)c(Nc2nc(Nc3cnn(C4CCC4)c3)ncc2-c2ccc(SF)c(F)c2)c1.O=C(O)C(F)(F)F. The van der Waals surface area contributed by atoms with Gasteiger partial charge in [-0.2, -0.15) is 27.1 Å². The van der Waals surface area contributed by atoms with E-state index in [1.54, 1.807) is 24.4 Å². The van der Waals surface area contributed by atoms with Crippen molar-refractivity contribution < 1.29 is 35.7 Å². The first-order chi connectivity index (χ1) is 21.4. The number of carbonyl (C=O) groups is 1. The summed E-state index contributed by atoms with van der Waals surface area (Å²) in [6.07, 6.45) is 4.90. The van der Waals surface area contributed by atoms with Gasteiger partial charge in [-0.25, -0.2) is 18.6 Å². The summed E-state index contributed by atoms with van der Waals surface area (Å²) in [5, 5.41) is 20.7. The van der Waals surface area contributed by atoms with Crippen LogP contribution in [0, 0.1) is 11.6 Å². The van der Waals surface area contributed by atoms with Crippen molar-refractivity contribution in [2.75, 3.05) is 16.0 Å². The molecule has 1 aliphatic rings. The van der Waals surface area contributed by atoms with E-state index in [2.05, 4.69) is 44.2 Å². The van der Waals surface area contributed by atoms with Crippen LogP contribution >= 0.6 is 12.1 Å². The Bertz CT molecular complexity index is 1710. The Balaban J connectivity index is 0.000000591. The van der Waals surface area contributed by atoms with Gasteiger partial charge < -0.3 is 21.1 Å². The van der Waals surface area contributed by atoms with Crippen LogP contribution in [0.1, 0.15) is 25.3 Å². The molecule has 0 spiro atoms. The fourth-order valence-corrected chi connectivity index (χ4v) is 4.18. The van der Waals surface area contributed by atoms with Gasteiger partial charge in [-0.3, -0.25) is 4.68 Å². The van der Waals surface area contributed by atoms with Gasteiger partial charge in [0.25, 0.3) is 0 Å². The lowest BCUT2D eigenvalue weighted by Crippen LogP contribution is -2.21. The minimum atomic E-state index is -5.08. The molecule has 0 unspecified atom stereocenters. The number of hydrogen-bond donors (Lipinski definition) is 4. The van der Waals surface area contributed by atoms with Crippen LogP contribution in [0.4, 0.5) is 54.7 Å². The van der Waals surface area contributed by atoms with Gasteiger partial charge >= 0.3 is 12.1 Å². The highest BCUT2D eigenvalue weighted by Gasteiger charge is 2.38. The van der Waals surface area contributed by atoms with Crippen LogP contribution in [0.3, 0.4) is 0 Å². The van der Waals surface area contributed by atoms with Crippen molar-refractivity contribution in [3.63, 3.8) is 0 Å². The lowest BCUT2D eigenvalue weighted by Gasteiger charge is -2.25. The third kappa shape index (κ3) is 8.56. The van der Waals surface area contributed by atoms with E-state index in [1.165, 1.54) is 36.9 Å². The van der Waals surface area contributed by atoms with E-state index >= 15 is 0 Å². The smallest absolute Gasteiger partial charge is 0.475 e. The lowest BCUT2D eigenvalue weighted by molar-refractivity contribution is -0.192. The van der Waals surface area contributed by atoms with Gasteiger partial charge in [0.1, 0.15) is 17.5 Å². The number of aliphatic carboxylic acids is 1. The topological polar surface area (TPSA) is 117 Å². The molecule has 0 radical (unpaired) electrons. The maximum atomic E-state index is 14.8. The number of halogens is 6. The summed E-state index contributed by atoms with van der Waals surface area (Å²) >= 11 is -0.181. The Labute approximate surface area is 257 Å². The quantitative estimate of drug-likeness (QED) is 0.0990. The van der Waals surface area contributed by atoms with Crippen LogP contribution in [0.15, 0.2) is 84.8 Å². The van der Waals surface area contributed by atoms with Gasteiger partial charge in [0, 0.05) is 29.3 Å². The van der Waals surface area contributed by atoms with Gasteiger partial charge in [0.15, 0.2) is 0 Å². The Hall–Kier alpha value is -4.99. The highest BCUT2D eigenvalue weighted by atomic mass is 32.2. The molecule has 0 bridgehead atoms. The number of carboxylic acids is 1. The number of rotatable bonds is 10. The van der Waals surface area contributed by atoms with Crippen molar-refractivity contribution >= 4 is 46.9 Å². The lowest BCUT2D eigenvalue weighted by atomic mass is 9.93. The first-order valence-electron chi connectivity index (χ1n) is 13.1. The predicted octanol–water partition coefficient (Wildman–Crippen LogP) is 8.55. The normalized spacial score (nSPS) is 12.8. The molecule has 1 fully saturated rings. The minimum Gasteiger partial charge on any atom is -0.475 e. The molecular formula is C29H25F6N7O2S. The Morgan fingerprint density at radius 1 is 1.07 bits per heavy atom. The monoisotopic (exact) mass is 649 g/mol. The van der Waals surface area contributed by atoms with Crippen molar-refractivity contribution in [3.05, 3.63) is 91.6 Å². The number of nitrogens with zero attached hydrogens (tertiary/aromatic N) is 4. The number of nitrogens with one attached hydrogen (secondary N) is 3. The summed E-state index contributed by atoms with van der Waals surface area (Å²) in [4.78, 5) is 17.7. The summed E-state index contributed by atoms with van der Waals surface area (Å²) in [6, 6.07) is 8.86. The zero-order chi connectivity index (χ0) is 32.7. The van der Waals surface area contributed by atoms with Crippen LogP contribution in [0.25, 0.3) is 11.1 Å². The maximum absolute atomic E-state index is 14.8. The minimum absolute atomic E-state index is 0.118. The summed E-state index contributed by atoms with van der Waals surface area (Å²) in [5.74, 6) is -3.57. The molecule has 236 valence electrons. The molecule has 4 aromatic rings. The van der Waals surface area contributed by atoms with Crippen molar-refractivity contribution in [1.29, 1.82) is 0 Å². The van der Waals surface area contributed by atoms with Crippen molar-refractivity contribution in [1.82, 2.24) is 19.7 Å². The Morgan fingerprint density at radius 2 is 1.80 bits per heavy atom. The van der Waals surface area contributed by atoms with Gasteiger partial charge in [0.05, 0.1) is 40.7 Å². The largest absolute Gasteiger partial charge is 0.490 e. The van der Waals surface area contributed by atoms with E-state index in [9.17, 15) is 25.8 Å². The van der Waals surface area contributed by atoms with Crippen molar-refractivity contribution in [2.24, 2.45) is 0 Å². The molecule has 4 N–H and O–H groups in total. The molecule has 0 aliphatic heterocycles. The van der Waals surface area contributed by atoms with Gasteiger partial charge in [-0.1, -0.05) is 19.2 Å². The van der Waals surface area contributed by atoms with Gasteiger partial charge in [-0.05, 0) is 61.2 Å². The van der Waals surface area contributed by atoms with Crippen LogP contribution in [0.2, 0.25) is 0 Å². The summed E-state index contributed by atoms with van der Waals surface area (Å²) in [7, 11) is 0. The van der Waals surface area contributed by atoms with E-state index in [-0.39, 0.29) is 34.5 Å². The number of alkyl halides is 3. The average molecular weight is 650 g/mol. The number of allylic oxidation sites excluding steroid dienone is 1. The van der Waals surface area contributed by atoms with Crippen LogP contribution < -0.4 is 16.0 Å². The third-order valence-electron chi connectivity index (χ3n) is 6.43. The zero-order valence-electron chi connectivity index (χ0n) is 23.2. The van der Waals surface area contributed by atoms with E-state index < -0.39 is 23.8 Å². The van der Waals surface area contributed by atoms with E-state index in [4.69, 9.17) is 9.90 Å². The number of hydrogen-bond acceptors (Lipinski definition) is 8. The molecule has 9 nitrogen and oxygen atoms in total. The maximum Gasteiger partial charge on any atom is 0.490 e. The second kappa shape index (κ2) is 14.2. The van der Waals surface area contributed by atoms with Crippen molar-refractivity contribution in [3.8, 4) is 11.1 Å². The third-order valence-corrected chi connectivity index (χ3v) is 6.93. The second-order valence-electron chi connectivity index (χ2n) is 9.57. The first kappa shape index (κ1) is 32.9. The molecule has 45 heavy (non-hydrogen) atoms. The second-order valence-corrected chi connectivity index (χ2v) is 10.2. The van der Waals surface area contributed by atoms with Crippen LogP contribution in [0.5, 0.6) is 0 Å². The highest BCUT2D eigenvalue weighted by molar-refractivity contribution is 7.94. The standard InChI is InChI=1S/C27H24F3N7S.C2HF3O2/c1-3-16(2)33-18-8-9-22(28)24(12-18)35-26-21(17-7-10-25(38-30)23(29)11-17)14-31-27(36-26)34-19-13-32-37(15-19)20-5-4-6-20;3-2(4,5)1(6)7/h3,7-15,20,33H,1-2,4-6H2,(H2,31,34,35,36);(H,6,7). The fourth-order valence-electron chi connectivity index (χ4n) is 3.92. The Morgan fingerprint density at radius 3 is 2.40 bits per heavy atom. The van der Waals surface area contributed by atoms with E-state index in [0.29, 0.717) is 34.2 Å². The summed E-state index contributed by atoms with van der Waals surface area (Å²) in [5.41, 5.74) is 2.72. The molecule has 2 aromatic carbocycles. The Kier molecular flexibility index (Phi) is 10.4. The number of benzene rings is 2. The number of carboxylic acid groups (broad SMARTS) is 1. The zero-order valence-corrected chi connectivity index (χ0v) is 24.0. The molecule has 0 amide bonds. The highest BCUT2D eigenvalue weighted by Crippen LogP contribution is 2.35.